The van der Waals surface area contributed by atoms with E-state index in [1.165, 1.54) is 27.2 Å². The third-order valence-corrected chi connectivity index (χ3v) is 6.63. The van der Waals surface area contributed by atoms with Crippen molar-refractivity contribution in [2.75, 3.05) is 20.8 Å². The average molecular weight is 410 g/mol. The summed E-state index contributed by atoms with van der Waals surface area (Å²) in [6.45, 7) is 6.28. The Labute approximate surface area is 179 Å². The molecule has 1 heterocycles. The van der Waals surface area contributed by atoms with Crippen LogP contribution in [-0.2, 0) is 17.8 Å². The molecule has 0 bridgehead atoms. The van der Waals surface area contributed by atoms with Crippen LogP contribution in [0.1, 0.15) is 48.1 Å². The molecular formula is C25H33N2O3+. The first-order valence-corrected chi connectivity index (χ1v) is 11.0. The highest BCUT2D eigenvalue weighted by molar-refractivity contribution is 5.81. The third-order valence-electron chi connectivity index (χ3n) is 6.63. The Morgan fingerprint density at radius 3 is 2.53 bits per heavy atom. The van der Waals surface area contributed by atoms with Gasteiger partial charge in [0, 0.05) is 23.5 Å². The Bertz CT molecular complexity index is 923. The highest BCUT2D eigenvalue weighted by atomic mass is 16.5. The van der Waals surface area contributed by atoms with Crippen LogP contribution >= 0.6 is 0 Å². The molecule has 5 nitrogen and oxygen atoms in total. The summed E-state index contributed by atoms with van der Waals surface area (Å²) in [5.41, 5.74) is 5.23. The summed E-state index contributed by atoms with van der Waals surface area (Å²) >= 11 is 0. The number of quaternary nitrogens is 1. The second-order valence-corrected chi connectivity index (χ2v) is 8.72. The quantitative estimate of drug-likeness (QED) is 0.739. The van der Waals surface area contributed by atoms with E-state index in [0.29, 0.717) is 0 Å². The van der Waals surface area contributed by atoms with Gasteiger partial charge in [0.15, 0.2) is 11.5 Å². The SMILES string of the molecule is COc1cc2c(cc1OC)[C@H]([C@@H](C)NC(=O)C1CC1)[NH+](Cc1ccccc1C)CC2. The van der Waals surface area contributed by atoms with Crippen molar-refractivity contribution < 1.29 is 19.2 Å². The maximum Gasteiger partial charge on any atom is 0.223 e. The second kappa shape index (κ2) is 8.68. The molecule has 1 fully saturated rings. The Morgan fingerprint density at radius 2 is 1.87 bits per heavy atom. The molecule has 4 rings (SSSR count). The first-order valence-electron chi connectivity index (χ1n) is 11.0. The molecule has 0 radical (unpaired) electrons. The predicted molar refractivity (Wildman–Crippen MR) is 117 cm³/mol. The molecule has 30 heavy (non-hydrogen) atoms. The first kappa shape index (κ1) is 20.7. The third kappa shape index (κ3) is 4.17. The van der Waals surface area contributed by atoms with E-state index in [4.69, 9.17) is 9.47 Å². The zero-order chi connectivity index (χ0) is 21.3. The maximum atomic E-state index is 12.5. The highest BCUT2D eigenvalue weighted by Crippen LogP contribution is 2.35. The number of nitrogens with one attached hydrogen (secondary N) is 2. The van der Waals surface area contributed by atoms with Crippen molar-refractivity contribution in [2.45, 2.75) is 51.7 Å². The van der Waals surface area contributed by atoms with Crippen LogP contribution in [-0.4, -0.2) is 32.7 Å². The van der Waals surface area contributed by atoms with Crippen LogP contribution in [0.2, 0.25) is 0 Å². The number of amides is 1. The molecule has 1 saturated carbocycles. The molecule has 160 valence electrons. The van der Waals surface area contributed by atoms with Crippen molar-refractivity contribution in [3.8, 4) is 11.5 Å². The fourth-order valence-corrected chi connectivity index (χ4v) is 4.76. The molecule has 1 unspecified atom stereocenters. The van der Waals surface area contributed by atoms with Gasteiger partial charge in [0.05, 0.1) is 26.8 Å². The summed E-state index contributed by atoms with van der Waals surface area (Å²) < 4.78 is 11.1. The standard InChI is InChI=1S/C25H32N2O3/c1-16-7-5-6-8-20(16)15-27-12-11-19-13-22(29-3)23(30-4)14-21(19)24(27)17(2)26-25(28)18-9-10-18/h5-8,13-14,17-18,24H,9-12,15H2,1-4H3,(H,26,28)/p+1/t17-,24+/m1/s1. The number of ether oxygens (including phenoxy) is 2. The van der Waals surface area contributed by atoms with Crippen molar-refractivity contribution in [1.82, 2.24) is 5.32 Å². The Hall–Kier alpha value is -2.53. The summed E-state index contributed by atoms with van der Waals surface area (Å²) in [5, 5.41) is 3.32. The van der Waals surface area contributed by atoms with E-state index in [2.05, 4.69) is 55.6 Å². The van der Waals surface area contributed by atoms with Crippen molar-refractivity contribution >= 4 is 5.91 Å². The molecule has 2 N–H and O–H groups in total. The van der Waals surface area contributed by atoms with Gasteiger partial charge in [-0.15, -0.1) is 0 Å². The molecule has 0 saturated heterocycles. The fraction of sp³-hybridized carbons (Fsp3) is 0.480. The van der Waals surface area contributed by atoms with Crippen molar-refractivity contribution in [1.29, 1.82) is 0 Å². The molecular weight excluding hydrogens is 376 g/mol. The maximum absolute atomic E-state index is 12.5. The summed E-state index contributed by atoms with van der Waals surface area (Å²) in [7, 11) is 3.36. The highest BCUT2D eigenvalue weighted by Gasteiger charge is 2.39. The van der Waals surface area contributed by atoms with E-state index in [0.717, 1.165) is 43.9 Å². The minimum Gasteiger partial charge on any atom is -0.493 e. The Balaban J connectivity index is 1.69. The van der Waals surface area contributed by atoms with E-state index >= 15 is 0 Å². The zero-order valence-electron chi connectivity index (χ0n) is 18.5. The van der Waals surface area contributed by atoms with Gasteiger partial charge in [0.1, 0.15) is 12.6 Å². The number of aryl methyl sites for hydroxylation is 1. The number of benzene rings is 2. The first-order chi connectivity index (χ1) is 14.5. The van der Waals surface area contributed by atoms with Gasteiger partial charge in [0.25, 0.3) is 0 Å². The topological polar surface area (TPSA) is 52.0 Å². The number of carbonyl (C=O) groups excluding carboxylic acids is 1. The summed E-state index contributed by atoms with van der Waals surface area (Å²) in [5.74, 6) is 1.93. The van der Waals surface area contributed by atoms with Gasteiger partial charge in [-0.1, -0.05) is 24.3 Å². The van der Waals surface area contributed by atoms with Gasteiger partial charge in [-0.2, -0.15) is 0 Å². The lowest BCUT2D eigenvalue weighted by Crippen LogP contribution is -3.13. The summed E-state index contributed by atoms with van der Waals surface area (Å²) in [6.07, 6.45) is 3.02. The number of carbonyl (C=O) groups is 1. The minimum absolute atomic E-state index is 0.0364. The molecule has 1 aliphatic carbocycles. The van der Waals surface area contributed by atoms with E-state index in [1.807, 2.05) is 0 Å². The Kier molecular flexibility index (Phi) is 6.00. The van der Waals surface area contributed by atoms with Crippen LogP contribution in [0.4, 0.5) is 0 Å². The molecule has 2 aliphatic rings. The van der Waals surface area contributed by atoms with Gasteiger partial charge >= 0.3 is 0 Å². The zero-order valence-corrected chi connectivity index (χ0v) is 18.5. The van der Waals surface area contributed by atoms with Gasteiger partial charge in [-0.25, -0.2) is 0 Å². The van der Waals surface area contributed by atoms with Crippen molar-refractivity contribution in [2.24, 2.45) is 5.92 Å². The fourth-order valence-electron chi connectivity index (χ4n) is 4.76. The van der Waals surface area contributed by atoms with E-state index in [1.54, 1.807) is 14.2 Å². The number of methoxy groups -OCH3 is 2. The number of fused-ring (bicyclic) bond motifs is 1. The molecule has 0 spiro atoms. The van der Waals surface area contributed by atoms with Crippen LogP contribution in [0.15, 0.2) is 36.4 Å². The molecule has 1 amide bonds. The molecule has 5 heteroatoms. The largest absolute Gasteiger partial charge is 0.493 e. The van der Waals surface area contributed by atoms with Crippen LogP contribution in [0.5, 0.6) is 11.5 Å². The van der Waals surface area contributed by atoms with Gasteiger partial charge in [-0.05, 0) is 49.9 Å². The molecule has 1 aliphatic heterocycles. The van der Waals surface area contributed by atoms with Gasteiger partial charge in [-0.3, -0.25) is 4.79 Å². The minimum atomic E-state index is 0.0364. The van der Waals surface area contributed by atoms with Crippen molar-refractivity contribution in [3.63, 3.8) is 0 Å². The molecule has 2 aromatic carbocycles. The number of hydrogen-bond acceptors (Lipinski definition) is 3. The average Bonchev–Trinajstić information content (AvgIpc) is 3.59. The van der Waals surface area contributed by atoms with E-state index < -0.39 is 0 Å². The smallest absolute Gasteiger partial charge is 0.223 e. The Morgan fingerprint density at radius 1 is 1.17 bits per heavy atom. The number of hydrogen-bond donors (Lipinski definition) is 2. The second-order valence-electron chi connectivity index (χ2n) is 8.72. The lowest BCUT2D eigenvalue weighted by molar-refractivity contribution is -0.948. The van der Waals surface area contributed by atoms with Crippen LogP contribution in [0.25, 0.3) is 0 Å². The van der Waals surface area contributed by atoms with Crippen LogP contribution < -0.4 is 19.7 Å². The lowest BCUT2D eigenvalue weighted by Gasteiger charge is -2.38. The molecule has 3 atom stereocenters. The van der Waals surface area contributed by atoms with Crippen LogP contribution in [0, 0.1) is 12.8 Å². The van der Waals surface area contributed by atoms with Gasteiger partial charge in [0.2, 0.25) is 5.91 Å². The molecule has 0 aromatic heterocycles. The lowest BCUT2D eigenvalue weighted by atomic mass is 9.87. The number of rotatable bonds is 7. The summed E-state index contributed by atoms with van der Waals surface area (Å²) in [6, 6.07) is 13.0. The van der Waals surface area contributed by atoms with Crippen molar-refractivity contribution in [3.05, 3.63) is 58.7 Å². The monoisotopic (exact) mass is 409 g/mol. The predicted octanol–water partition coefficient (Wildman–Crippen LogP) is 2.61. The van der Waals surface area contributed by atoms with Gasteiger partial charge < -0.3 is 19.7 Å². The summed E-state index contributed by atoms with van der Waals surface area (Å²) in [4.78, 5) is 14.0. The molecule has 2 aromatic rings. The van der Waals surface area contributed by atoms with E-state index in [-0.39, 0.29) is 23.9 Å². The van der Waals surface area contributed by atoms with Crippen LogP contribution in [0.3, 0.4) is 0 Å². The normalized spacial score (nSPS) is 21.5. The van der Waals surface area contributed by atoms with E-state index in [9.17, 15) is 4.79 Å².